The monoisotopic (exact) mass is 274 g/mol. The highest BCUT2D eigenvalue weighted by Crippen LogP contribution is 2.22. The Hall–Kier alpha value is -1.30. The van der Waals surface area contributed by atoms with Gasteiger partial charge in [0, 0.05) is 17.9 Å². The van der Waals surface area contributed by atoms with Gasteiger partial charge in [-0.2, -0.15) is 0 Å². The van der Waals surface area contributed by atoms with Crippen molar-refractivity contribution >= 4 is 15.6 Å². The highest BCUT2D eigenvalue weighted by molar-refractivity contribution is 7.91. The van der Waals surface area contributed by atoms with E-state index in [2.05, 4.69) is 0 Å². The number of rotatable bonds is 3. The summed E-state index contributed by atoms with van der Waals surface area (Å²) in [5.41, 5.74) is -0.285. The highest BCUT2D eigenvalue weighted by Gasteiger charge is 2.33. The minimum atomic E-state index is -3.16. The molecular formula is C12H12F2O3S. The van der Waals surface area contributed by atoms with Gasteiger partial charge in [-0.05, 0) is 18.6 Å². The zero-order valence-corrected chi connectivity index (χ0v) is 10.3. The van der Waals surface area contributed by atoms with Gasteiger partial charge in [-0.25, -0.2) is 17.2 Å². The van der Waals surface area contributed by atoms with Crippen molar-refractivity contribution in [3.05, 3.63) is 35.4 Å². The lowest BCUT2D eigenvalue weighted by Gasteiger charge is -2.08. The summed E-state index contributed by atoms with van der Waals surface area (Å²) in [6.45, 7) is 0. The number of ketones is 1. The van der Waals surface area contributed by atoms with Gasteiger partial charge >= 0.3 is 0 Å². The first-order chi connectivity index (χ1) is 8.39. The maximum absolute atomic E-state index is 13.3. The molecule has 0 bridgehead atoms. The quantitative estimate of drug-likeness (QED) is 0.839. The van der Waals surface area contributed by atoms with Gasteiger partial charge in [-0.3, -0.25) is 4.79 Å². The molecule has 1 atom stereocenters. The molecule has 0 radical (unpaired) electrons. The van der Waals surface area contributed by atoms with Gasteiger partial charge in [0.05, 0.1) is 11.5 Å². The first-order valence-electron chi connectivity index (χ1n) is 5.55. The molecule has 1 aromatic carbocycles. The minimum Gasteiger partial charge on any atom is -0.299 e. The minimum absolute atomic E-state index is 0.0246. The zero-order valence-electron chi connectivity index (χ0n) is 9.53. The lowest BCUT2D eigenvalue weighted by molar-refractivity contribution is -0.121. The van der Waals surface area contributed by atoms with Crippen molar-refractivity contribution < 1.29 is 22.0 Å². The molecule has 1 fully saturated rings. The Morgan fingerprint density at radius 3 is 2.39 bits per heavy atom. The number of halogens is 2. The molecule has 18 heavy (non-hydrogen) atoms. The van der Waals surface area contributed by atoms with Crippen molar-refractivity contribution in [2.24, 2.45) is 5.92 Å². The molecule has 3 nitrogen and oxygen atoms in total. The lowest BCUT2D eigenvalue weighted by atomic mass is 9.97. The van der Waals surface area contributed by atoms with Crippen molar-refractivity contribution in [2.45, 2.75) is 12.8 Å². The molecule has 0 amide bonds. The van der Waals surface area contributed by atoms with Crippen molar-refractivity contribution in [2.75, 3.05) is 11.5 Å². The molecule has 0 saturated carbocycles. The van der Waals surface area contributed by atoms with Crippen LogP contribution in [0.5, 0.6) is 0 Å². The molecule has 0 aliphatic carbocycles. The molecular weight excluding hydrogens is 262 g/mol. The Kier molecular flexibility index (Phi) is 3.47. The van der Waals surface area contributed by atoms with Crippen LogP contribution >= 0.6 is 0 Å². The maximum Gasteiger partial charge on any atom is 0.151 e. The van der Waals surface area contributed by atoms with Crippen molar-refractivity contribution in [1.29, 1.82) is 0 Å². The molecule has 0 N–H and O–H groups in total. The van der Waals surface area contributed by atoms with E-state index in [9.17, 15) is 22.0 Å². The number of sulfone groups is 1. The smallest absolute Gasteiger partial charge is 0.151 e. The maximum atomic E-state index is 13.3. The van der Waals surface area contributed by atoms with Gasteiger partial charge in [0.1, 0.15) is 17.4 Å². The van der Waals surface area contributed by atoms with E-state index in [4.69, 9.17) is 0 Å². The van der Waals surface area contributed by atoms with E-state index in [0.29, 0.717) is 0 Å². The van der Waals surface area contributed by atoms with Crippen molar-refractivity contribution in [3.8, 4) is 0 Å². The van der Waals surface area contributed by atoms with Gasteiger partial charge in [0.25, 0.3) is 0 Å². The van der Waals surface area contributed by atoms with Crippen molar-refractivity contribution in [3.63, 3.8) is 0 Å². The van der Waals surface area contributed by atoms with Crippen LogP contribution in [0.25, 0.3) is 0 Å². The molecule has 1 aliphatic rings. The summed E-state index contributed by atoms with van der Waals surface area (Å²) in [6.07, 6.45) is -0.143. The fourth-order valence-electron chi connectivity index (χ4n) is 2.07. The van der Waals surface area contributed by atoms with Crippen LogP contribution in [-0.2, 0) is 21.1 Å². The number of hydrogen-bond donors (Lipinski definition) is 0. The van der Waals surface area contributed by atoms with Gasteiger partial charge in [-0.15, -0.1) is 0 Å². The van der Waals surface area contributed by atoms with Crippen molar-refractivity contribution in [1.82, 2.24) is 0 Å². The zero-order chi connectivity index (χ0) is 13.3. The summed E-state index contributed by atoms with van der Waals surface area (Å²) < 4.78 is 49.1. The highest BCUT2D eigenvalue weighted by atomic mass is 32.2. The summed E-state index contributed by atoms with van der Waals surface area (Å²) in [6, 6.07) is 3.38. The van der Waals surface area contributed by atoms with E-state index in [-0.39, 0.29) is 23.5 Å². The molecule has 1 saturated heterocycles. The average molecular weight is 274 g/mol. The predicted molar refractivity (Wildman–Crippen MR) is 61.8 cm³/mol. The Labute approximate surface area is 104 Å². The van der Waals surface area contributed by atoms with Gasteiger partial charge in [-0.1, -0.05) is 6.07 Å². The number of carbonyl (C=O) groups excluding carboxylic acids is 1. The molecule has 0 spiro atoms. The average Bonchev–Trinajstić information content (AvgIpc) is 2.64. The third-order valence-corrected chi connectivity index (χ3v) is 4.87. The van der Waals surface area contributed by atoms with Crippen LogP contribution in [-0.4, -0.2) is 25.7 Å². The second-order valence-corrected chi connectivity index (χ2v) is 6.67. The summed E-state index contributed by atoms with van der Waals surface area (Å²) >= 11 is 0. The van der Waals surface area contributed by atoms with Crippen LogP contribution in [0.1, 0.15) is 12.0 Å². The molecule has 1 aromatic rings. The lowest BCUT2D eigenvalue weighted by Crippen LogP contribution is -2.19. The first kappa shape index (κ1) is 13.1. The van der Waals surface area contributed by atoms with Crippen LogP contribution in [0.3, 0.4) is 0 Å². The molecule has 2 rings (SSSR count). The fraction of sp³-hybridized carbons (Fsp3) is 0.417. The summed E-state index contributed by atoms with van der Waals surface area (Å²) in [7, 11) is -3.16. The van der Waals surface area contributed by atoms with E-state index < -0.39 is 39.6 Å². The Bertz CT molecular complexity index is 561. The van der Waals surface area contributed by atoms with Gasteiger partial charge < -0.3 is 0 Å². The second kappa shape index (κ2) is 4.76. The number of Topliss-reactive ketones (excluding diaryl/α,β-unsaturated/α-hetero) is 1. The van der Waals surface area contributed by atoms with E-state index in [1.54, 1.807) is 0 Å². The molecule has 0 aromatic heterocycles. The Balaban J connectivity index is 2.13. The van der Waals surface area contributed by atoms with E-state index in [0.717, 1.165) is 12.1 Å². The van der Waals surface area contributed by atoms with E-state index >= 15 is 0 Å². The van der Waals surface area contributed by atoms with Gasteiger partial charge in [0.2, 0.25) is 0 Å². The third-order valence-electron chi connectivity index (χ3n) is 3.10. The van der Waals surface area contributed by atoms with Gasteiger partial charge in [0.15, 0.2) is 9.84 Å². The molecule has 1 aliphatic heterocycles. The molecule has 98 valence electrons. The third kappa shape index (κ3) is 2.75. The number of hydrogen-bond acceptors (Lipinski definition) is 3. The summed E-state index contributed by atoms with van der Waals surface area (Å²) in [5, 5.41) is 0. The van der Waals surface area contributed by atoms with Crippen LogP contribution in [0.4, 0.5) is 8.78 Å². The Morgan fingerprint density at radius 2 is 1.89 bits per heavy atom. The fourth-order valence-corrected chi connectivity index (χ4v) is 3.84. The summed E-state index contributed by atoms with van der Waals surface area (Å²) in [5.74, 6) is -2.83. The first-order valence-corrected chi connectivity index (χ1v) is 7.37. The number of carbonyl (C=O) groups is 1. The normalized spacial score (nSPS) is 22.0. The van der Waals surface area contributed by atoms with E-state index in [1.807, 2.05) is 0 Å². The molecule has 1 unspecified atom stereocenters. The standard InChI is InChI=1S/C12H12F2O3S/c13-10-2-1-3-11(14)9(10)6-12(15)8-4-5-18(16,17)7-8/h1-3,8H,4-7H2. The number of benzene rings is 1. The SMILES string of the molecule is O=C(Cc1c(F)cccc1F)C1CCS(=O)(=O)C1. The topological polar surface area (TPSA) is 51.2 Å². The Morgan fingerprint density at radius 1 is 1.28 bits per heavy atom. The van der Waals surface area contributed by atoms with E-state index in [1.165, 1.54) is 6.07 Å². The second-order valence-electron chi connectivity index (χ2n) is 4.44. The van der Waals surface area contributed by atoms with Crippen LogP contribution in [0.2, 0.25) is 0 Å². The summed E-state index contributed by atoms with van der Waals surface area (Å²) in [4.78, 5) is 11.8. The molecule has 1 heterocycles. The van der Waals surface area contributed by atoms with Crippen LogP contribution in [0.15, 0.2) is 18.2 Å². The predicted octanol–water partition coefficient (Wildman–Crippen LogP) is 1.51. The van der Waals surface area contributed by atoms with Crippen LogP contribution < -0.4 is 0 Å². The van der Waals surface area contributed by atoms with Crippen LogP contribution in [0, 0.1) is 17.6 Å². The largest absolute Gasteiger partial charge is 0.299 e. The molecule has 6 heteroatoms.